The second kappa shape index (κ2) is 5.02. The Kier molecular flexibility index (Phi) is 3.39. The minimum atomic E-state index is 0.244. The average molecular weight is 249 g/mol. The van der Waals surface area contributed by atoms with Crippen LogP contribution in [0.3, 0.4) is 0 Å². The summed E-state index contributed by atoms with van der Waals surface area (Å²) in [6.45, 7) is 1.78. The SMILES string of the molecule is CNCc1nccn1CC1CCC2(CCCC2)O1. The normalized spacial score (nSPS) is 26.2. The Labute approximate surface area is 109 Å². The highest BCUT2D eigenvalue weighted by molar-refractivity contribution is 4.96. The molecule has 3 rings (SSSR count). The molecule has 1 unspecified atom stereocenters. The number of imidazole rings is 1. The molecule has 1 saturated carbocycles. The molecular weight excluding hydrogens is 226 g/mol. The number of nitrogens with zero attached hydrogens (tertiary/aromatic N) is 2. The van der Waals surface area contributed by atoms with Crippen LogP contribution >= 0.6 is 0 Å². The molecule has 4 nitrogen and oxygen atoms in total. The number of ether oxygens (including phenoxy) is 1. The molecule has 1 N–H and O–H groups in total. The van der Waals surface area contributed by atoms with Gasteiger partial charge in [-0.3, -0.25) is 0 Å². The maximum absolute atomic E-state index is 6.35. The van der Waals surface area contributed by atoms with E-state index in [1.165, 1.54) is 38.5 Å². The van der Waals surface area contributed by atoms with Gasteiger partial charge in [-0.2, -0.15) is 0 Å². The summed E-state index contributed by atoms with van der Waals surface area (Å²) in [6.07, 6.45) is 12.0. The lowest BCUT2D eigenvalue weighted by Gasteiger charge is -2.24. The molecule has 1 atom stereocenters. The Hall–Kier alpha value is -0.870. The Bertz CT molecular complexity index is 395. The van der Waals surface area contributed by atoms with Gasteiger partial charge < -0.3 is 14.6 Å². The van der Waals surface area contributed by atoms with Crippen LogP contribution in [-0.4, -0.2) is 28.3 Å². The first-order valence-corrected chi connectivity index (χ1v) is 7.14. The van der Waals surface area contributed by atoms with Crippen molar-refractivity contribution >= 4 is 0 Å². The van der Waals surface area contributed by atoms with Gasteiger partial charge in [0.05, 0.1) is 24.8 Å². The van der Waals surface area contributed by atoms with E-state index in [2.05, 4.69) is 21.1 Å². The van der Waals surface area contributed by atoms with Gasteiger partial charge in [-0.25, -0.2) is 4.98 Å². The first-order valence-electron chi connectivity index (χ1n) is 7.14. The second-order valence-corrected chi connectivity index (χ2v) is 5.69. The predicted octanol–water partition coefficient (Wildman–Crippen LogP) is 2.09. The third kappa shape index (κ3) is 2.31. The standard InChI is InChI=1S/C14H23N3O/c1-15-10-13-16-8-9-17(13)11-12-4-7-14(18-12)5-2-3-6-14/h8-9,12,15H,2-7,10-11H2,1H3. The highest BCUT2D eigenvalue weighted by Crippen LogP contribution is 2.43. The van der Waals surface area contributed by atoms with Gasteiger partial charge in [0.25, 0.3) is 0 Å². The van der Waals surface area contributed by atoms with Crippen LogP contribution in [0, 0.1) is 0 Å². The molecule has 0 aromatic carbocycles. The summed E-state index contributed by atoms with van der Waals surface area (Å²) in [5.74, 6) is 1.11. The van der Waals surface area contributed by atoms with Gasteiger partial charge >= 0.3 is 0 Å². The van der Waals surface area contributed by atoms with Crippen LogP contribution in [0.1, 0.15) is 44.3 Å². The molecular formula is C14H23N3O. The van der Waals surface area contributed by atoms with E-state index in [0.717, 1.165) is 18.9 Å². The molecule has 1 aromatic heterocycles. The Morgan fingerprint density at radius 3 is 3.06 bits per heavy atom. The van der Waals surface area contributed by atoms with Crippen molar-refractivity contribution < 1.29 is 4.74 Å². The highest BCUT2D eigenvalue weighted by atomic mass is 16.5. The van der Waals surface area contributed by atoms with Crippen LogP contribution in [0.25, 0.3) is 0 Å². The number of aromatic nitrogens is 2. The summed E-state index contributed by atoms with van der Waals surface area (Å²) in [6, 6.07) is 0. The van der Waals surface area contributed by atoms with E-state index in [4.69, 9.17) is 4.74 Å². The van der Waals surface area contributed by atoms with Gasteiger partial charge in [0.2, 0.25) is 0 Å². The van der Waals surface area contributed by atoms with Gasteiger partial charge in [0.15, 0.2) is 0 Å². The second-order valence-electron chi connectivity index (χ2n) is 5.69. The lowest BCUT2D eigenvalue weighted by Crippen LogP contribution is -2.27. The van der Waals surface area contributed by atoms with Gasteiger partial charge in [-0.1, -0.05) is 12.8 Å². The fourth-order valence-electron chi connectivity index (χ4n) is 3.46. The molecule has 4 heteroatoms. The lowest BCUT2D eigenvalue weighted by molar-refractivity contribution is -0.0420. The van der Waals surface area contributed by atoms with E-state index >= 15 is 0 Å². The van der Waals surface area contributed by atoms with Crippen LogP contribution in [0.15, 0.2) is 12.4 Å². The van der Waals surface area contributed by atoms with Crippen LogP contribution < -0.4 is 5.32 Å². The van der Waals surface area contributed by atoms with Crippen molar-refractivity contribution in [2.75, 3.05) is 7.05 Å². The lowest BCUT2D eigenvalue weighted by atomic mass is 9.98. The number of nitrogens with one attached hydrogen (secondary N) is 1. The molecule has 18 heavy (non-hydrogen) atoms. The molecule has 1 spiro atoms. The van der Waals surface area contributed by atoms with E-state index in [-0.39, 0.29) is 5.60 Å². The summed E-state index contributed by atoms with van der Waals surface area (Å²) in [5, 5.41) is 3.16. The smallest absolute Gasteiger partial charge is 0.122 e. The Morgan fingerprint density at radius 1 is 1.44 bits per heavy atom. The molecule has 2 fully saturated rings. The highest BCUT2D eigenvalue weighted by Gasteiger charge is 2.42. The van der Waals surface area contributed by atoms with Crippen molar-refractivity contribution in [2.24, 2.45) is 0 Å². The largest absolute Gasteiger partial charge is 0.370 e. The molecule has 0 amide bonds. The van der Waals surface area contributed by atoms with E-state index in [0.29, 0.717) is 6.10 Å². The minimum absolute atomic E-state index is 0.244. The summed E-state index contributed by atoms with van der Waals surface area (Å²) in [7, 11) is 1.96. The third-order valence-corrected chi connectivity index (χ3v) is 4.39. The molecule has 2 aliphatic rings. The van der Waals surface area contributed by atoms with Crippen LogP contribution in [0.2, 0.25) is 0 Å². The molecule has 0 bridgehead atoms. The van der Waals surface area contributed by atoms with E-state index in [1.54, 1.807) is 0 Å². The summed E-state index contributed by atoms with van der Waals surface area (Å²) in [5.41, 5.74) is 0.244. The average Bonchev–Trinajstić information content (AvgIpc) is 3.06. The monoisotopic (exact) mass is 249 g/mol. The van der Waals surface area contributed by atoms with Crippen LogP contribution in [-0.2, 0) is 17.8 Å². The zero-order chi connectivity index (χ0) is 12.4. The molecule has 1 aromatic rings. The van der Waals surface area contributed by atoms with Crippen molar-refractivity contribution in [3.8, 4) is 0 Å². The Morgan fingerprint density at radius 2 is 2.28 bits per heavy atom. The first kappa shape index (κ1) is 12.2. The topological polar surface area (TPSA) is 39.1 Å². The molecule has 1 aliphatic carbocycles. The molecule has 1 saturated heterocycles. The van der Waals surface area contributed by atoms with Crippen LogP contribution in [0.4, 0.5) is 0 Å². The summed E-state index contributed by atoms with van der Waals surface area (Å²) < 4.78 is 8.58. The van der Waals surface area contributed by atoms with E-state index < -0.39 is 0 Å². The van der Waals surface area contributed by atoms with Gasteiger partial charge in [-0.05, 0) is 32.7 Å². The molecule has 1 aliphatic heterocycles. The quantitative estimate of drug-likeness (QED) is 0.888. The van der Waals surface area contributed by atoms with Crippen molar-refractivity contribution in [1.82, 2.24) is 14.9 Å². The van der Waals surface area contributed by atoms with Crippen molar-refractivity contribution in [2.45, 2.75) is 63.3 Å². The Balaban J connectivity index is 1.62. The number of hydrogen-bond donors (Lipinski definition) is 1. The van der Waals surface area contributed by atoms with Crippen molar-refractivity contribution in [3.63, 3.8) is 0 Å². The first-order chi connectivity index (χ1) is 8.81. The maximum atomic E-state index is 6.35. The molecule has 2 heterocycles. The van der Waals surface area contributed by atoms with Gasteiger partial charge in [0.1, 0.15) is 5.82 Å². The fourth-order valence-corrected chi connectivity index (χ4v) is 3.46. The number of hydrogen-bond acceptors (Lipinski definition) is 3. The van der Waals surface area contributed by atoms with Gasteiger partial charge in [0, 0.05) is 12.4 Å². The summed E-state index contributed by atoms with van der Waals surface area (Å²) in [4.78, 5) is 4.38. The maximum Gasteiger partial charge on any atom is 0.122 e. The van der Waals surface area contributed by atoms with Crippen molar-refractivity contribution in [3.05, 3.63) is 18.2 Å². The molecule has 100 valence electrons. The fraction of sp³-hybridized carbons (Fsp3) is 0.786. The van der Waals surface area contributed by atoms with E-state index in [9.17, 15) is 0 Å². The minimum Gasteiger partial charge on any atom is -0.370 e. The predicted molar refractivity (Wildman–Crippen MR) is 70.3 cm³/mol. The summed E-state index contributed by atoms with van der Waals surface area (Å²) >= 11 is 0. The third-order valence-electron chi connectivity index (χ3n) is 4.39. The zero-order valence-electron chi connectivity index (χ0n) is 11.2. The molecule has 0 radical (unpaired) electrons. The van der Waals surface area contributed by atoms with Gasteiger partial charge in [-0.15, -0.1) is 0 Å². The van der Waals surface area contributed by atoms with E-state index in [1.807, 2.05) is 13.2 Å². The van der Waals surface area contributed by atoms with Crippen LogP contribution in [0.5, 0.6) is 0 Å². The zero-order valence-corrected chi connectivity index (χ0v) is 11.2. The number of rotatable bonds is 4. The van der Waals surface area contributed by atoms with Crippen molar-refractivity contribution in [1.29, 1.82) is 0 Å².